The minimum absolute atomic E-state index is 0.205. The smallest absolute Gasteiger partial charge is 0.405 e. The SMILES string of the molecule is O=C(O)N[C@H](COC(F)F)C(=O)NCc1ccc(F)c(F)c1. The van der Waals surface area contributed by atoms with Crippen molar-refractivity contribution in [1.82, 2.24) is 10.6 Å². The molecule has 0 fully saturated rings. The van der Waals surface area contributed by atoms with Crippen LogP contribution in [-0.2, 0) is 16.1 Å². The van der Waals surface area contributed by atoms with Gasteiger partial charge in [-0.05, 0) is 17.7 Å². The molecular weight excluding hydrogens is 312 g/mol. The van der Waals surface area contributed by atoms with Crippen LogP contribution in [0.3, 0.4) is 0 Å². The molecule has 6 nitrogen and oxygen atoms in total. The molecule has 0 aromatic heterocycles. The Hall–Kier alpha value is -2.36. The zero-order chi connectivity index (χ0) is 16.7. The lowest BCUT2D eigenvalue weighted by Gasteiger charge is -2.16. The third kappa shape index (κ3) is 5.95. The molecule has 0 saturated heterocycles. The lowest BCUT2D eigenvalue weighted by atomic mass is 10.2. The maximum absolute atomic E-state index is 13.0. The van der Waals surface area contributed by atoms with Gasteiger partial charge in [0.05, 0.1) is 6.61 Å². The van der Waals surface area contributed by atoms with Crippen molar-refractivity contribution in [3.63, 3.8) is 0 Å². The topological polar surface area (TPSA) is 87.7 Å². The van der Waals surface area contributed by atoms with Gasteiger partial charge < -0.3 is 20.5 Å². The molecule has 0 aliphatic heterocycles. The summed E-state index contributed by atoms with van der Waals surface area (Å²) >= 11 is 0. The molecule has 2 amide bonds. The molecule has 0 bridgehead atoms. The van der Waals surface area contributed by atoms with Gasteiger partial charge in [0.2, 0.25) is 5.91 Å². The highest BCUT2D eigenvalue weighted by atomic mass is 19.3. The molecule has 3 N–H and O–H groups in total. The van der Waals surface area contributed by atoms with Crippen LogP contribution in [-0.4, -0.2) is 36.4 Å². The molecule has 1 aromatic carbocycles. The number of carbonyl (C=O) groups excluding carboxylic acids is 1. The van der Waals surface area contributed by atoms with Crippen molar-refractivity contribution >= 4 is 12.0 Å². The zero-order valence-corrected chi connectivity index (χ0v) is 11.0. The molecule has 1 aromatic rings. The summed E-state index contributed by atoms with van der Waals surface area (Å²) in [5.41, 5.74) is 0.205. The third-order valence-corrected chi connectivity index (χ3v) is 2.45. The van der Waals surface area contributed by atoms with Crippen LogP contribution in [0.15, 0.2) is 18.2 Å². The van der Waals surface area contributed by atoms with Crippen molar-refractivity contribution < 1.29 is 37.0 Å². The molecule has 0 radical (unpaired) electrons. The highest BCUT2D eigenvalue weighted by molar-refractivity contribution is 5.85. The number of ether oxygens (including phenoxy) is 1. The van der Waals surface area contributed by atoms with Gasteiger partial charge in [-0.2, -0.15) is 8.78 Å². The van der Waals surface area contributed by atoms with Crippen molar-refractivity contribution in [1.29, 1.82) is 0 Å². The fourth-order valence-electron chi connectivity index (χ4n) is 1.46. The lowest BCUT2D eigenvalue weighted by molar-refractivity contribution is -0.143. The van der Waals surface area contributed by atoms with Crippen LogP contribution in [0.25, 0.3) is 0 Å². The second-order valence-electron chi connectivity index (χ2n) is 4.06. The van der Waals surface area contributed by atoms with Crippen molar-refractivity contribution in [3.8, 4) is 0 Å². The van der Waals surface area contributed by atoms with Gasteiger partial charge in [-0.15, -0.1) is 0 Å². The van der Waals surface area contributed by atoms with E-state index < -0.39 is 42.9 Å². The van der Waals surface area contributed by atoms with Gasteiger partial charge in [-0.25, -0.2) is 13.6 Å². The second-order valence-corrected chi connectivity index (χ2v) is 4.06. The van der Waals surface area contributed by atoms with Crippen LogP contribution < -0.4 is 10.6 Å². The van der Waals surface area contributed by atoms with Crippen molar-refractivity contribution in [2.75, 3.05) is 6.61 Å². The number of hydrogen-bond acceptors (Lipinski definition) is 3. The monoisotopic (exact) mass is 324 g/mol. The van der Waals surface area contributed by atoms with Crippen LogP contribution >= 0.6 is 0 Å². The first-order valence-electron chi connectivity index (χ1n) is 5.90. The number of benzene rings is 1. The predicted octanol–water partition coefficient (Wildman–Crippen LogP) is 1.46. The summed E-state index contributed by atoms with van der Waals surface area (Å²) in [4.78, 5) is 22.2. The zero-order valence-electron chi connectivity index (χ0n) is 11.0. The highest BCUT2D eigenvalue weighted by Crippen LogP contribution is 2.08. The average Bonchev–Trinajstić information content (AvgIpc) is 2.43. The largest absolute Gasteiger partial charge is 0.465 e. The number of rotatable bonds is 7. The van der Waals surface area contributed by atoms with E-state index in [1.165, 1.54) is 6.07 Å². The Balaban J connectivity index is 2.61. The fourth-order valence-corrected chi connectivity index (χ4v) is 1.46. The van der Waals surface area contributed by atoms with E-state index in [2.05, 4.69) is 10.1 Å². The van der Waals surface area contributed by atoms with Gasteiger partial charge >= 0.3 is 12.7 Å². The van der Waals surface area contributed by atoms with Gasteiger partial charge in [-0.3, -0.25) is 4.79 Å². The Bertz CT molecular complexity index is 542. The summed E-state index contributed by atoms with van der Waals surface area (Å²) in [5.74, 6) is -3.13. The summed E-state index contributed by atoms with van der Waals surface area (Å²) in [5, 5.41) is 12.4. The number of hydrogen-bond donors (Lipinski definition) is 3. The number of alkyl halides is 2. The molecule has 22 heavy (non-hydrogen) atoms. The number of carbonyl (C=O) groups is 2. The summed E-state index contributed by atoms with van der Waals surface area (Å²) in [6.07, 6.45) is -1.61. The predicted molar refractivity (Wildman–Crippen MR) is 65.1 cm³/mol. The third-order valence-electron chi connectivity index (χ3n) is 2.45. The first-order valence-corrected chi connectivity index (χ1v) is 5.90. The first-order chi connectivity index (χ1) is 10.3. The van der Waals surface area contributed by atoms with E-state index in [4.69, 9.17) is 5.11 Å². The van der Waals surface area contributed by atoms with E-state index in [0.29, 0.717) is 0 Å². The van der Waals surface area contributed by atoms with Crippen molar-refractivity contribution in [2.24, 2.45) is 0 Å². The number of amides is 2. The van der Waals surface area contributed by atoms with Crippen LogP contribution in [0.5, 0.6) is 0 Å². The Kier molecular flexibility index (Phi) is 6.57. The van der Waals surface area contributed by atoms with Crippen molar-refractivity contribution in [3.05, 3.63) is 35.4 Å². The van der Waals surface area contributed by atoms with E-state index >= 15 is 0 Å². The second kappa shape index (κ2) is 8.17. The molecule has 0 spiro atoms. The van der Waals surface area contributed by atoms with Crippen LogP contribution in [0.2, 0.25) is 0 Å². The molecule has 1 rings (SSSR count). The summed E-state index contributed by atoms with van der Waals surface area (Å²) < 4.78 is 53.4. The Morgan fingerprint density at radius 2 is 1.91 bits per heavy atom. The number of nitrogens with one attached hydrogen (secondary N) is 2. The van der Waals surface area contributed by atoms with Gasteiger partial charge in [0.15, 0.2) is 11.6 Å². The molecule has 0 saturated carbocycles. The molecule has 10 heteroatoms. The van der Waals surface area contributed by atoms with Gasteiger partial charge in [0, 0.05) is 6.54 Å². The highest BCUT2D eigenvalue weighted by Gasteiger charge is 2.22. The lowest BCUT2D eigenvalue weighted by Crippen LogP contribution is -2.49. The minimum Gasteiger partial charge on any atom is -0.465 e. The number of carboxylic acid groups (broad SMARTS) is 1. The Morgan fingerprint density at radius 1 is 1.23 bits per heavy atom. The first kappa shape index (κ1) is 17.7. The standard InChI is InChI=1S/C12H12F4N2O4/c13-7-2-1-6(3-8(7)14)4-17-10(19)9(18-12(20)21)5-22-11(15)16/h1-3,9,11,18H,4-5H2,(H,17,19)(H,20,21)/t9-/m1/s1. The minimum atomic E-state index is -3.17. The van der Waals surface area contributed by atoms with E-state index in [1.807, 2.05) is 0 Å². The molecule has 0 unspecified atom stereocenters. The Labute approximate surface area is 122 Å². The Morgan fingerprint density at radius 3 is 2.45 bits per heavy atom. The average molecular weight is 324 g/mol. The van der Waals surface area contributed by atoms with E-state index in [9.17, 15) is 27.2 Å². The van der Waals surface area contributed by atoms with Crippen LogP contribution in [0.1, 0.15) is 5.56 Å². The quantitative estimate of drug-likeness (QED) is 0.663. The van der Waals surface area contributed by atoms with Crippen LogP contribution in [0, 0.1) is 11.6 Å². The maximum Gasteiger partial charge on any atom is 0.405 e. The summed E-state index contributed by atoms with van der Waals surface area (Å²) in [6, 6.07) is 1.32. The molecule has 0 aliphatic carbocycles. The fraction of sp³-hybridized carbons (Fsp3) is 0.333. The number of halogens is 4. The van der Waals surface area contributed by atoms with E-state index in [1.54, 1.807) is 5.32 Å². The van der Waals surface area contributed by atoms with E-state index in [-0.39, 0.29) is 12.1 Å². The summed E-state index contributed by atoms with van der Waals surface area (Å²) in [7, 11) is 0. The normalized spacial score (nSPS) is 12.0. The molecular formula is C12H12F4N2O4. The van der Waals surface area contributed by atoms with Crippen LogP contribution in [0.4, 0.5) is 22.4 Å². The maximum atomic E-state index is 13.0. The van der Waals surface area contributed by atoms with Gasteiger partial charge in [0.25, 0.3) is 0 Å². The molecule has 122 valence electrons. The van der Waals surface area contributed by atoms with Gasteiger partial charge in [0.1, 0.15) is 6.04 Å². The van der Waals surface area contributed by atoms with Gasteiger partial charge in [-0.1, -0.05) is 6.07 Å². The summed E-state index contributed by atoms with van der Waals surface area (Å²) in [6.45, 7) is -4.30. The molecule has 0 aliphatic rings. The van der Waals surface area contributed by atoms with Crippen molar-refractivity contribution in [2.45, 2.75) is 19.2 Å². The molecule has 0 heterocycles. The molecule has 1 atom stereocenters. The van der Waals surface area contributed by atoms with E-state index in [0.717, 1.165) is 12.1 Å².